The van der Waals surface area contributed by atoms with Crippen molar-refractivity contribution >= 4 is 12.4 Å². The zero-order valence-electron chi connectivity index (χ0n) is 31.9. The average molecular weight is 657 g/mol. The molecule has 0 aliphatic heterocycles. The standard InChI is InChI=1S/C43H89N.ClH/c1-3-5-7-9-11-13-15-16-17-18-19-20-21-22-23-24-25-26-27-28-29-30-31-32-33-35-37-39-41-43-44-42-40-38-36-34-14-12-10-8-6-4-2;/h44H,3-43H2,1-2H3;1H. The van der Waals surface area contributed by atoms with Crippen LogP contribution in [0.2, 0.25) is 0 Å². The maximum atomic E-state index is 3.68. The molecule has 0 aliphatic rings. The van der Waals surface area contributed by atoms with Crippen molar-refractivity contribution in [3.05, 3.63) is 0 Å². The van der Waals surface area contributed by atoms with Gasteiger partial charge in [-0.1, -0.05) is 251 Å². The van der Waals surface area contributed by atoms with Crippen LogP contribution in [0.1, 0.15) is 264 Å². The zero-order valence-corrected chi connectivity index (χ0v) is 32.7. The second kappa shape index (κ2) is 46.4. The summed E-state index contributed by atoms with van der Waals surface area (Å²) in [4.78, 5) is 0. The molecule has 0 saturated carbocycles. The maximum Gasteiger partial charge on any atom is -0.00489 e. The highest BCUT2D eigenvalue weighted by Gasteiger charge is 1.98. The molecule has 274 valence electrons. The first kappa shape index (κ1) is 47.4. The van der Waals surface area contributed by atoms with Crippen molar-refractivity contribution in [3.8, 4) is 0 Å². The van der Waals surface area contributed by atoms with Gasteiger partial charge in [0.15, 0.2) is 0 Å². The van der Waals surface area contributed by atoms with E-state index in [0.717, 1.165) is 0 Å². The van der Waals surface area contributed by atoms with Gasteiger partial charge >= 0.3 is 0 Å². The summed E-state index contributed by atoms with van der Waals surface area (Å²) in [6.07, 6.45) is 57.2. The number of rotatable bonds is 41. The van der Waals surface area contributed by atoms with Crippen LogP contribution in [-0.4, -0.2) is 13.1 Å². The first-order valence-corrected chi connectivity index (χ1v) is 21.6. The van der Waals surface area contributed by atoms with Gasteiger partial charge in [-0.05, 0) is 25.9 Å². The minimum absolute atomic E-state index is 0. The van der Waals surface area contributed by atoms with Crippen LogP contribution < -0.4 is 5.32 Å². The Morgan fingerprint density at radius 1 is 0.200 bits per heavy atom. The Balaban J connectivity index is 0. The van der Waals surface area contributed by atoms with Crippen molar-refractivity contribution in [2.45, 2.75) is 264 Å². The summed E-state index contributed by atoms with van der Waals surface area (Å²) < 4.78 is 0. The van der Waals surface area contributed by atoms with E-state index in [4.69, 9.17) is 0 Å². The van der Waals surface area contributed by atoms with Crippen LogP contribution >= 0.6 is 12.4 Å². The van der Waals surface area contributed by atoms with Gasteiger partial charge < -0.3 is 5.32 Å². The van der Waals surface area contributed by atoms with Crippen LogP contribution in [0, 0.1) is 0 Å². The highest BCUT2D eigenvalue weighted by atomic mass is 35.5. The molecule has 0 radical (unpaired) electrons. The molecule has 0 rings (SSSR count). The van der Waals surface area contributed by atoms with Crippen LogP contribution in [0.5, 0.6) is 0 Å². The van der Waals surface area contributed by atoms with Crippen molar-refractivity contribution < 1.29 is 0 Å². The third-order valence-corrected chi connectivity index (χ3v) is 10.2. The van der Waals surface area contributed by atoms with E-state index >= 15 is 0 Å². The summed E-state index contributed by atoms with van der Waals surface area (Å²) in [6.45, 7) is 7.11. The Hall–Kier alpha value is 0.250. The van der Waals surface area contributed by atoms with Gasteiger partial charge in [-0.2, -0.15) is 0 Å². The Kier molecular flexibility index (Phi) is 48.8. The molecule has 0 saturated heterocycles. The van der Waals surface area contributed by atoms with Gasteiger partial charge in [0.25, 0.3) is 0 Å². The van der Waals surface area contributed by atoms with E-state index in [0.29, 0.717) is 0 Å². The van der Waals surface area contributed by atoms with Crippen LogP contribution in [0.4, 0.5) is 0 Å². The maximum absolute atomic E-state index is 3.68. The third kappa shape index (κ3) is 46.4. The molecule has 45 heavy (non-hydrogen) atoms. The lowest BCUT2D eigenvalue weighted by atomic mass is 10.0. The monoisotopic (exact) mass is 656 g/mol. The number of unbranched alkanes of at least 4 members (excludes halogenated alkanes) is 37. The molecule has 1 nitrogen and oxygen atoms in total. The van der Waals surface area contributed by atoms with E-state index in [1.54, 1.807) is 0 Å². The molecule has 0 heterocycles. The Labute approximate surface area is 294 Å². The van der Waals surface area contributed by atoms with Crippen LogP contribution in [0.25, 0.3) is 0 Å². The van der Waals surface area contributed by atoms with Gasteiger partial charge in [-0.3, -0.25) is 0 Å². The van der Waals surface area contributed by atoms with Gasteiger partial charge in [-0.15, -0.1) is 12.4 Å². The summed E-state index contributed by atoms with van der Waals surface area (Å²) in [5.74, 6) is 0. The third-order valence-electron chi connectivity index (χ3n) is 10.2. The summed E-state index contributed by atoms with van der Waals surface area (Å²) in [6, 6.07) is 0. The van der Waals surface area contributed by atoms with Gasteiger partial charge in [0, 0.05) is 0 Å². The van der Waals surface area contributed by atoms with E-state index < -0.39 is 0 Å². The summed E-state index contributed by atoms with van der Waals surface area (Å²) in [5.41, 5.74) is 0. The molecule has 0 fully saturated rings. The molecular formula is C43H90ClN. The normalized spacial score (nSPS) is 11.3. The van der Waals surface area contributed by atoms with E-state index in [1.807, 2.05) is 0 Å². The molecule has 0 amide bonds. The minimum atomic E-state index is 0. The molecule has 2 heteroatoms. The smallest absolute Gasteiger partial charge is 0.00489 e. The SMILES string of the molecule is CCCCCCCCCCCCCCCCCCCCCCCCCCCCCCCNCCCCCCCCCCCC.Cl. The van der Waals surface area contributed by atoms with Gasteiger partial charge in [-0.25, -0.2) is 0 Å². The summed E-state index contributed by atoms with van der Waals surface area (Å²) in [7, 11) is 0. The second-order valence-electron chi connectivity index (χ2n) is 14.8. The molecule has 0 unspecified atom stereocenters. The Morgan fingerprint density at radius 2 is 0.333 bits per heavy atom. The van der Waals surface area contributed by atoms with Crippen LogP contribution in [-0.2, 0) is 0 Å². The van der Waals surface area contributed by atoms with E-state index in [2.05, 4.69) is 19.2 Å². The molecule has 0 aromatic rings. The van der Waals surface area contributed by atoms with Crippen molar-refractivity contribution in [1.82, 2.24) is 5.32 Å². The molecule has 0 spiro atoms. The number of halogens is 1. The Morgan fingerprint density at radius 3 is 0.489 bits per heavy atom. The van der Waals surface area contributed by atoms with E-state index in [-0.39, 0.29) is 12.4 Å². The zero-order chi connectivity index (χ0) is 31.7. The summed E-state index contributed by atoms with van der Waals surface area (Å²) >= 11 is 0. The number of hydrogen-bond donors (Lipinski definition) is 1. The van der Waals surface area contributed by atoms with Gasteiger partial charge in [0.05, 0.1) is 0 Å². The lowest BCUT2D eigenvalue weighted by Crippen LogP contribution is -2.16. The fourth-order valence-electron chi connectivity index (χ4n) is 6.96. The molecule has 0 atom stereocenters. The predicted molar refractivity (Wildman–Crippen MR) is 212 cm³/mol. The van der Waals surface area contributed by atoms with Crippen molar-refractivity contribution in [2.75, 3.05) is 13.1 Å². The van der Waals surface area contributed by atoms with E-state index in [1.165, 1.54) is 264 Å². The lowest BCUT2D eigenvalue weighted by molar-refractivity contribution is 0.511. The van der Waals surface area contributed by atoms with Crippen molar-refractivity contribution in [2.24, 2.45) is 0 Å². The average Bonchev–Trinajstić information content (AvgIpc) is 3.04. The highest BCUT2D eigenvalue weighted by Crippen LogP contribution is 2.16. The molecule has 0 aromatic heterocycles. The molecule has 1 N–H and O–H groups in total. The largest absolute Gasteiger partial charge is 0.317 e. The molecular weight excluding hydrogens is 566 g/mol. The van der Waals surface area contributed by atoms with Crippen molar-refractivity contribution in [1.29, 1.82) is 0 Å². The summed E-state index contributed by atoms with van der Waals surface area (Å²) in [5, 5.41) is 3.68. The highest BCUT2D eigenvalue weighted by molar-refractivity contribution is 5.85. The Bertz CT molecular complexity index is 425. The fraction of sp³-hybridized carbons (Fsp3) is 1.00. The lowest BCUT2D eigenvalue weighted by Gasteiger charge is -2.06. The van der Waals surface area contributed by atoms with Crippen LogP contribution in [0.15, 0.2) is 0 Å². The predicted octanol–water partition coefficient (Wildman–Crippen LogP) is 16.3. The fourth-order valence-corrected chi connectivity index (χ4v) is 6.96. The minimum Gasteiger partial charge on any atom is -0.317 e. The topological polar surface area (TPSA) is 12.0 Å². The second-order valence-corrected chi connectivity index (χ2v) is 14.8. The number of hydrogen-bond acceptors (Lipinski definition) is 1. The van der Waals surface area contributed by atoms with Gasteiger partial charge in [0.2, 0.25) is 0 Å². The first-order valence-electron chi connectivity index (χ1n) is 21.6. The molecule has 0 aromatic carbocycles. The van der Waals surface area contributed by atoms with Gasteiger partial charge in [0.1, 0.15) is 0 Å². The van der Waals surface area contributed by atoms with Crippen LogP contribution in [0.3, 0.4) is 0 Å². The molecule has 0 bridgehead atoms. The molecule has 0 aliphatic carbocycles. The first-order chi connectivity index (χ1) is 21.9. The number of nitrogens with one attached hydrogen (secondary N) is 1. The van der Waals surface area contributed by atoms with Crippen molar-refractivity contribution in [3.63, 3.8) is 0 Å². The quantitative estimate of drug-likeness (QED) is 0.0646. The van der Waals surface area contributed by atoms with E-state index in [9.17, 15) is 0 Å².